The lowest BCUT2D eigenvalue weighted by molar-refractivity contribution is -0.142. The Morgan fingerprint density at radius 1 is 0.788 bits per heavy atom. The zero-order valence-corrected chi connectivity index (χ0v) is 19.4. The summed E-state index contributed by atoms with van der Waals surface area (Å²) < 4.78 is 5.00. The molecule has 5 heteroatoms. The van der Waals surface area contributed by atoms with E-state index < -0.39 is 0 Å². The Hall–Kier alpha value is -3.47. The zero-order valence-electron chi connectivity index (χ0n) is 19.4. The van der Waals surface area contributed by atoms with Crippen molar-refractivity contribution in [1.82, 2.24) is 0 Å². The van der Waals surface area contributed by atoms with E-state index in [0.29, 0.717) is 23.4 Å². The van der Waals surface area contributed by atoms with E-state index in [4.69, 9.17) is 4.74 Å². The van der Waals surface area contributed by atoms with Gasteiger partial charge in [-0.2, -0.15) is 0 Å². The molecule has 170 valence electrons. The average molecular weight is 444 g/mol. The number of aryl methyl sites for hydroxylation is 2. The highest BCUT2D eigenvalue weighted by Crippen LogP contribution is 2.39. The molecular weight excluding hydrogens is 414 g/mol. The summed E-state index contributed by atoms with van der Waals surface area (Å²) in [4.78, 5) is 40.4. The molecule has 0 aromatic heterocycles. The highest BCUT2D eigenvalue weighted by molar-refractivity contribution is 6.36. The second-order valence-electron chi connectivity index (χ2n) is 8.35. The zero-order chi connectivity index (χ0) is 23.5. The van der Waals surface area contributed by atoms with Crippen LogP contribution in [0.5, 0.6) is 0 Å². The minimum absolute atomic E-state index is 0.156. The van der Waals surface area contributed by atoms with Crippen molar-refractivity contribution in [3.8, 4) is 0 Å². The van der Waals surface area contributed by atoms with Crippen molar-refractivity contribution < 1.29 is 19.1 Å². The van der Waals surface area contributed by atoms with Crippen LogP contribution in [0.25, 0.3) is 10.8 Å². The molecule has 33 heavy (non-hydrogen) atoms. The second-order valence-corrected chi connectivity index (χ2v) is 8.35. The molecule has 0 atom stereocenters. The van der Waals surface area contributed by atoms with Crippen molar-refractivity contribution in [2.24, 2.45) is 0 Å². The molecule has 0 bridgehead atoms. The number of fused-ring (bicyclic) bond motifs is 2. The van der Waals surface area contributed by atoms with Crippen LogP contribution in [0.1, 0.15) is 71.0 Å². The topological polar surface area (TPSA) is 63.7 Å². The first-order valence-corrected chi connectivity index (χ1v) is 11.7. The summed E-state index contributed by atoms with van der Waals surface area (Å²) in [6.07, 6.45) is 3.39. The Balaban J connectivity index is 1.81. The van der Waals surface area contributed by atoms with Gasteiger partial charge in [0.15, 0.2) is 0 Å². The van der Waals surface area contributed by atoms with Crippen LogP contribution in [0.3, 0.4) is 0 Å². The van der Waals surface area contributed by atoms with Crippen molar-refractivity contribution in [1.29, 1.82) is 0 Å². The van der Waals surface area contributed by atoms with Crippen LogP contribution in [0.2, 0.25) is 0 Å². The number of anilines is 1. The Morgan fingerprint density at radius 2 is 1.30 bits per heavy atom. The molecule has 1 aliphatic heterocycles. The number of benzene rings is 3. The van der Waals surface area contributed by atoms with Crippen LogP contribution >= 0.6 is 0 Å². The lowest BCUT2D eigenvalue weighted by Gasteiger charge is -2.15. The molecule has 0 saturated heterocycles. The molecule has 1 heterocycles. The van der Waals surface area contributed by atoms with Gasteiger partial charge in [-0.05, 0) is 59.4 Å². The van der Waals surface area contributed by atoms with Crippen LogP contribution < -0.4 is 4.90 Å². The molecule has 3 aromatic carbocycles. The minimum Gasteiger partial charge on any atom is -0.466 e. The van der Waals surface area contributed by atoms with Crippen molar-refractivity contribution in [2.75, 3.05) is 11.5 Å². The number of ether oxygens (including phenoxy) is 1. The summed E-state index contributed by atoms with van der Waals surface area (Å²) in [6.45, 7) is 6.28. The van der Waals surface area contributed by atoms with Gasteiger partial charge in [0.2, 0.25) is 0 Å². The number of nitrogens with zero attached hydrogens (tertiary/aromatic N) is 1. The number of imide groups is 1. The molecule has 0 saturated carbocycles. The van der Waals surface area contributed by atoms with Gasteiger partial charge in [-0.25, -0.2) is 4.90 Å². The van der Waals surface area contributed by atoms with Gasteiger partial charge in [0.25, 0.3) is 11.8 Å². The molecular formula is C28H29NO4. The largest absolute Gasteiger partial charge is 0.466 e. The maximum Gasteiger partial charge on any atom is 0.310 e. The fourth-order valence-corrected chi connectivity index (χ4v) is 4.76. The van der Waals surface area contributed by atoms with Gasteiger partial charge in [-0.1, -0.05) is 63.1 Å². The smallest absolute Gasteiger partial charge is 0.310 e. The SMILES string of the molecule is CCCc1c2c(c(CCC)c3ccccc13)C(=O)N(c1ccc(CC(=O)OCC)cc1)C2=O. The van der Waals surface area contributed by atoms with E-state index >= 15 is 0 Å². The van der Waals surface area contributed by atoms with E-state index in [1.165, 1.54) is 4.90 Å². The summed E-state index contributed by atoms with van der Waals surface area (Å²) in [7, 11) is 0. The fourth-order valence-electron chi connectivity index (χ4n) is 4.76. The van der Waals surface area contributed by atoms with E-state index in [2.05, 4.69) is 26.0 Å². The van der Waals surface area contributed by atoms with E-state index in [9.17, 15) is 14.4 Å². The van der Waals surface area contributed by atoms with Crippen LogP contribution in [-0.4, -0.2) is 24.4 Å². The number of carbonyl (C=O) groups excluding carboxylic acids is 3. The van der Waals surface area contributed by atoms with Crippen molar-refractivity contribution in [3.63, 3.8) is 0 Å². The van der Waals surface area contributed by atoms with Crippen LogP contribution in [-0.2, 0) is 28.8 Å². The normalized spacial score (nSPS) is 13.0. The Morgan fingerprint density at radius 3 is 1.76 bits per heavy atom. The number of hydrogen-bond acceptors (Lipinski definition) is 4. The van der Waals surface area contributed by atoms with E-state index in [-0.39, 0.29) is 24.2 Å². The Bertz CT molecular complexity index is 1160. The molecule has 0 N–H and O–H groups in total. The molecule has 4 rings (SSSR count). The lowest BCUT2D eigenvalue weighted by atomic mass is 9.86. The third kappa shape index (κ3) is 4.04. The van der Waals surface area contributed by atoms with Crippen LogP contribution in [0.4, 0.5) is 5.69 Å². The standard InChI is InChI=1S/C28H29NO4/c1-4-9-22-20-11-7-8-12-21(20)23(10-5-2)26-25(22)27(31)29(28(26)32)19-15-13-18(14-16-19)17-24(30)33-6-3/h7-8,11-16H,4-6,9-10,17H2,1-3H3. The summed E-state index contributed by atoms with van der Waals surface area (Å²) in [5.41, 5.74) is 4.32. The highest BCUT2D eigenvalue weighted by atomic mass is 16.5. The number of esters is 1. The predicted molar refractivity (Wildman–Crippen MR) is 130 cm³/mol. The Kier molecular flexibility index (Phi) is 6.59. The maximum absolute atomic E-state index is 13.7. The van der Waals surface area contributed by atoms with Gasteiger partial charge in [0.1, 0.15) is 0 Å². The third-order valence-electron chi connectivity index (χ3n) is 6.11. The van der Waals surface area contributed by atoms with Crippen molar-refractivity contribution in [3.05, 3.63) is 76.3 Å². The van der Waals surface area contributed by atoms with Crippen molar-refractivity contribution in [2.45, 2.75) is 52.9 Å². The quantitative estimate of drug-likeness (QED) is 0.333. The average Bonchev–Trinajstić information content (AvgIpc) is 3.07. The van der Waals surface area contributed by atoms with Gasteiger partial charge in [-0.15, -0.1) is 0 Å². The van der Waals surface area contributed by atoms with Crippen LogP contribution in [0, 0.1) is 0 Å². The molecule has 3 aromatic rings. The number of amides is 2. The number of hydrogen-bond donors (Lipinski definition) is 0. The molecule has 0 spiro atoms. The maximum atomic E-state index is 13.7. The molecule has 0 radical (unpaired) electrons. The molecule has 5 nitrogen and oxygen atoms in total. The lowest BCUT2D eigenvalue weighted by Crippen LogP contribution is -2.29. The van der Waals surface area contributed by atoms with Gasteiger partial charge >= 0.3 is 5.97 Å². The van der Waals surface area contributed by atoms with Crippen molar-refractivity contribution >= 4 is 34.2 Å². The second kappa shape index (κ2) is 9.57. The minimum atomic E-state index is -0.300. The summed E-state index contributed by atoms with van der Waals surface area (Å²) in [5.74, 6) is -0.828. The van der Waals surface area contributed by atoms with E-state index in [1.54, 1.807) is 31.2 Å². The number of carbonyl (C=O) groups is 3. The third-order valence-corrected chi connectivity index (χ3v) is 6.11. The highest BCUT2D eigenvalue weighted by Gasteiger charge is 2.41. The van der Waals surface area contributed by atoms with Gasteiger partial charge < -0.3 is 4.74 Å². The molecule has 0 aliphatic carbocycles. The summed E-state index contributed by atoms with van der Waals surface area (Å²) in [6, 6.07) is 15.1. The van der Waals surface area contributed by atoms with Crippen LogP contribution in [0.15, 0.2) is 48.5 Å². The summed E-state index contributed by atoms with van der Waals surface area (Å²) in [5, 5.41) is 2.13. The molecule has 2 amide bonds. The first kappa shape index (κ1) is 22.7. The van der Waals surface area contributed by atoms with Gasteiger partial charge in [0.05, 0.1) is 29.8 Å². The molecule has 0 fully saturated rings. The van der Waals surface area contributed by atoms with E-state index in [1.807, 2.05) is 12.1 Å². The number of rotatable bonds is 8. The Labute approximate surface area is 194 Å². The monoisotopic (exact) mass is 443 g/mol. The summed E-state index contributed by atoms with van der Waals surface area (Å²) >= 11 is 0. The molecule has 1 aliphatic rings. The fraction of sp³-hybridized carbons (Fsp3) is 0.321. The predicted octanol–water partition coefficient (Wildman–Crippen LogP) is 5.65. The first-order chi connectivity index (χ1) is 16.0. The van der Waals surface area contributed by atoms with Gasteiger partial charge in [-0.3, -0.25) is 14.4 Å². The van der Waals surface area contributed by atoms with E-state index in [0.717, 1.165) is 53.1 Å². The molecule has 0 unspecified atom stereocenters. The van der Waals surface area contributed by atoms with Gasteiger partial charge in [0, 0.05) is 0 Å². The first-order valence-electron chi connectivity index (χ1n) is 11.7.